The van der Waals surface area contributed by atoms with E-state index in [4.69, 9.17) is 5.11 Å². The van der Waals surface area contributed by atoms with Crippen molar-refractivity contribution in [2.75, 3.05) is 6.61 Å². The standard InChI is InChI=1S/C10H12FNO2S/c1-6(5-13)12-10(14)7-2-3-8(11)9(15)4-7/h2-4,6,13,15H,5H2,1H3,(H,12,14). The molecule has 0 radical (unpaired) electrons. The average Bonchev–Trinajstić information content (AvgIpc) is 2.21. The molecule has 5 heteroatoms. The zero-order chi connectivity index (χ0) is 11.4. The number of aliphatic hydroxyl groups is 1. The van der Waals surface area contributed by atoms with Gasteiger partial charge in [0.25, 0.3) is 5.91 Å². The number of hydrogen-bond donors (Lipinski definition) is 3. The van der Waals surface area contributed by atoms with E-state index in [-0.39, 0.29) is 23.5 Å². The van der Waals surface area contributed by atoms with Crippen molar-refractivity contribution in [2.24, 2.45) is 0 Å². The van der Waals surface area contributed by atoms with E-state index < -0.39 is 5.82 Å². The molecule has 1 amide bonds. The minimum absolute atomic E-state index is 0.124. The normalized spacial score (nSPS) is 12.3. The van der Waals surface area contributed by atoms with Gasteiger partial charge in [-0.2, -0.15) is 0 Å². The van der Waals surface area contributed by atoms with E-state index in [0.717, 1.165) is 0 Å². The second-order valence-corrected chi connectivity index (χ2v) is 3.71. The fourth-order valence-corrected chi connectivity index (χ4v) is 1.22. The molecular formula is C10H12FNO2S. The van der Waals surface area contributed by atoms with Crippen LogP contribution in [0.4, 0.5) is 4.39 Å². The van der Waals surface area contributed by atoms with Gasteiger partial charge in [-0.3, -0.25) is 4.79 Å². The summed E-state index contributed by atoms with van der Waals surface area (Å²) in [6, 6.07) is 3.57. The van der Waals surface area contributed by atoms with Gasteiger partial charge in [0.05, 0.1) is 6.61 Å². The zero-order valence-electron chi connectivity index (χ0n) is 8.20. The van der Waals surface area contributed by atoms with Crippen LogP contribution < -0.4 is 5.32 Å². The highest BCUT2D eigenvalue weighted by molar-refractivity contribution is 7.80. The number of hydrogen-bond acceptors (Lipinski definition) is 3. The van der Waals surface area contributed by atoms with Gasteiger partial charge in [0.2, 0.25) is 0 Å². The number of rotatable bonds is 3. The summed E-state index contributed by atoms with van der Waals surface area (Å²) in [6.07, 6.45) is 0. The molecule has 0 aromatic heterocycles. The van der Waals surface area contributed by atoms with Gasteiger partial charge < -0.3 is 10.4 Å². The first-order valence-corrected chi connectivity index (χ1v) is 4.89. The van der Waals surface area contributed by atoms with E-state index in [1.165, 1.54) is 18.2 Å². The van der Waals surface area contributed by atoms with Crippen molar-refractivity contribution in [2.45, 2.75) is 17.9 Å². The minimum atomic E-state index is -0.468. The fraction of sp³-hybridized carbons (Fsp3) is 0.300. The van der Waals surface area contributed by atoms with Crippen LogP contribution in [0.5, 0.6) is 0 Å². The van der Waals surface area contributed by atoms with Crippen LogP contribution in [0.2, 0.25) is 0 Å². The molecule has 15 heavy (non-hydrogen) atoms. The molecule has 0 heterocycles. The highest BCUT2D eigenvalue weighted by Gasteiger charge is 2.10. The van der Waals surface area contributed by atoms with E-state index in [1.54, 1.807) is 6.92 Å². The first-order chi connectivity index (χ1) is 7.04. The van der Waals surface area contributed by atoms with Crippen LogP contribution >= 0.6 is 12.6 Å². The summed E-state index contributed by atoms with van der Waals surface area (Å²) in [7, 11) is 0. The Morgan fingerprint density at radius 3 is 2.87 bits per heavy atom. The Bertz CT molecular complexity index is 370. The van der Waals surface area contributed by atoms with Gasteiger partial charge in [-0.05, 0) is 25.1 Å². The second-order valence-electron chi connectivity index (χ2n) is 3.22. The van der Waals surface area contributed by atoms with Crippen LogP contribution in [-0.2, 0) is 0 Å². The predicted molar refractivity (Wildman–Crippen MR) is 57.7 cm³/mol. The van der Waals surface area contributed by atoms with E-state index in [2.05, 4.69) is 17.9 Å². The number of amides is 1. The second kappa shape index (κ2) is 5.14. The van der Waals surface area contributed by atoms with Crippen LogP contribution in [-0.4, -0.2) is 23.7 Å². The van der Waals surface area contributed by atoms with Gasteiger partial charge in [-0.15, -0.1) is 12.6 Å². The monoisotopic (exact) mass is 229 g/mol. The van der Waals surface area contributed by atoms with Gasteiger partial charge >= 0.3 is 0 Å². The average molecular weight is 229 g/mol. The number of nitrogens with one attached hydrogen (secondary N) is 1. The molecule has 82 valence electrons. The van der Waals surface area contributed by atoms with Crippen molar-refractivity contribution < 1.29 is 14.3 Å². The molecule has 0 aliphatic carbocycles. The Morgan fingerprint density at radius 2 is 2.33 bits per heavy atom. The summed E-state index contributed by atoms with van der Waals surface area (Å²) in [5.74, 6) is -0.822. The van der Waals surface area contributed by atoms with Gasteiger partial charge in [-0.1, -0.05) is 0 Å². The minimum Gasteiger partial charge on any atom is -0.394 e. The summed E-state index contributed by atoms with van der Waals surface area (Å²) in [5, 5.41) is 11.3. The number of benzene rings is 1. The van der Waals surface area contributed by atoms with Crippen molar-refractivity contribution in [3.63, 3.8) is 0 Å². The number of carbonyl (C=O) groups is 1. The first kappa shape index (κ1) is 12.0. The van der Waals surface area contributed by atoms with Crippen LogP contribution in [0.15, 0.2) is 23.1 Å². The topological polar surface area (TPSA) is 49.3 Å². The summed E-state index contributed by atoms with van der Waals surface area (Å²) >= 11 is 3.87. The number of thiol groups is 1. The molecule has 2 N–H and O–H groups in total. The van der Waals surface area contributed by atoms with E-state index in [1.807, 2.05) is 0 Å². The third kappa shape index (κ3) is 3.21. The lowest BCUT2D eigenvalue weighted by atomic mass is 10.2. The number of carbonyl (C=O) groups excluding carboxylic acids is 1. The molecule has 3 nitrogen and oxygen atoms in total. The third-order valence-corrected chi connectivity index (χ3v) is 2.20. The lowest BCUT2D eigenvalue weighted by Gasteiger charge is -2.10. The molecule has 1 rings (SSSR count). The van der Waals surface area contributed by atoms with E-state index >= 15 is 0 Å². The Morgan fingerprint density at radius 1 is 1.67 bits per heavy atom. The highest BCUT2D eigenvalue weighted by atomic mass is 32.1. The molecule has 0 aliphatic rings. The Hall–Kier alpha value is -1.07. The summed E-state index contributed by atoms with van der Waals surface area (Å²) in [4.78, 5) is 11.6. The van der Waals surface area contributed by atoms with Gasteiger partial charge in [0.1, 0.15) is 5.82 Å². The molecule has 1 aromatic rings. The predicted octanol–water partition coefficient (Wildman–Crippen LogP) is 1.23. The maximum Gasteiger partial charge on any atom is 0.251 e. The molecule has 0 fully saturated rings. The zero-order valence-corrected chi connectivity index (χ0v) is 9.09. The molecule has 0 saturated carbocycles. The largest absolute Gasteiger partial charge is 0.394 e. The quantitative estimate of drug-likeness (QED) is 0.683. The van der Waals surface area contributed by atoms with Crippen molar-refractivity contribution in [1.29, 1.82) is 0 Å². The van der Waals surface area contributed by atoms with Crippen LogP contribution in [0.25, 0.3) is 0 Å². The molecular weight excluding hydrogens is 217 g/mol. The van der Waals surface area contributed by atoms with Crippen molar-refractivity contribution >= 4 is 18.5 Å². The first-order valence-electron chi connectivity index (χ1n) is 4.45. The van der Waals surface area contributed by atoms with Crippen LogP contribution in [0.1, 0.15) is 17.3 Å². The smallest absolute Gasteiger partial charge is 0.251 e. The molecule has 1 atom stereocenters. The van der Waals surface area contributed by atoms with Gasteiger partial charge in [0, 0.05) is 16.5 Å². The molecule has 0 spiro atoms. The van der Waals surface area contributed by atoms with Crippen LogP contribution in [0.3, 0.4) is 0 Å². The molecule has 0 bridgehead atoms. The Kier molecular flexibility index (Phi) is 4.11. The SMILES string of the molecule is CC(CO)NC(=O)c1ccc(F)c(S)c1. The fourth-order valence-electron chi connectivity index (χ4n) is 1.01. The summed E-state index contributed by atoms with van der Waals surface area (Å²) < 4.78 is 12.8. The lowest BCUT2D eigenvalue weighted by molar-refractivity contribution is 0.0922. The maximum absolute atomic E-state index is 12.8. The maximum atomic E-state index is 12.8. The molecule has 0 saturated heterocycles. The highest BCUT2D eigenvalue weighted by Crippen LogP contribution is 2.14. The Labute approximate surface area is 92.7 Å². The van der Waals surface area contributed by atoms with Crippen molar-refractivity contribution in [3.8, 4) is 0 Å². The molecule has 0 aliphatic heterocycles. The lowest BCUT2D eigenvalue weighted by Crippen LogP contribution is -2.34. The van der Waals surface area contributed by atoms with Gasteiger partial charge in [0.15, 0.2) is 0 Å². The van der Waals surface area contributed by atoms with Gasteiger partial charge in [-0.25, -0.2) is 4.39 Å². The Balaban J connectivity index is 2.78. The van der Waals surface area contributed by atoms with Crippen LogP contribution in [0, 0.1) is 5.82 Å². The van der Waals surface area contributed by atoms with Crippen molar-refractivity contribution in [3.05, 3.63) is 29.6 Å². The molecule has 1 aromatic carbocycles. The third-order valence-electron chi connectivity index (χ3n) is 1.86. The summed E-state index contributed by atoms with van der Waals surface area (Å²) in [5.41, 5.74) is 0.321. The van der Waals surface area contributed by atoms with Crippen molar-refractivity contribution in [1.82, 2.24) is 5.32 Å². The van der Waals surface area contributed by atoms with E-state index in [9.17, 15) is 9.18 Å². The molecule has 1 unspecified atom stereocenters. The number of halogens is 1. The number of aliphatic hydroxyl groups excluding tert-OH is 1. The van der Waals surface area contributed by atoms with E-state index in [0.29, 0.717) is 5.56 Å². The summed E-state index contributed by atoms with van der Waals surface area (Å²) in [6.45, 7) is 1.53.